The van der Waals surface area contributed by atoms with Gasteiger partial charge in [0.1, 0.15) is 5.70 Å². The molecule has 3 amide bonds. The normalized spacial score (nSPS) is 11.9. The third-order valence-electron chi connectivity index (χ3n) is 5.94. The SMILES string of the molecule is CCC(Sc1cccc(NC(=O)/C(=C\c2ccc(Cl)cc2Cl)NC(=O)c2ccccc2)c1)C(=O)Nc1ccc(Cl)cc1. The summed E-state index contributed by atoms with van der Waals surface area (Å²) in [7, 11) is 0. The van der Waals surface area contributed by atoms with Crippen molar-refractivity contribution in [2.45, 2.75) is 23.5 Å². The van der Waals surface area contributed by atoms with Gasteiger partial charge in [0.2, 0.25) is 5.91 Å². The summed E-state index contributed by atoms with van der Waals surface area (Å²) in [5, 5.41) is 9.42. The molecule has 0 radical (unpaired) electrons. The van der Waals surface area contributed by atoms with Gasteiger partial charge in [-0.15, -0.1) is 11.8 Å². The van der Waals surface area contributed by atoms with Gasteiger partial charge < -0.3 is 16.0 Å². The first-order valence-electron chi connectivity index (χ1n) is 12.9. The van der Waals surface area contributed by atoms with E-state index in [4.69, 9.17) is 34.8 Å². The van der Waals surface area contributed by atoms with Gasteiger partial charge in [0.05, 0.1) is 5.25 Å². The zero-order chi connectivity index (χ0) is 30.1. The van der Waals surface area contributed by atoms with Crippen LogP contribution in [0.2, 0.25) is 15.1 Å². The van der Waals surface area contributed by atoms with Gasteiger partial charge >= 0.3 is 0 Å². The van der Waals surface area contributed by atoms with Crippen LogP contribution in [0.3, 0.4) is 0 Å². The molecule has 214 valence electrons. The van der Waals surface area contributed by atoms with Gasteiger partial charge in [-0.1, -0.05) is 72.1 Å². The highest BCUT2D eigenvalue weighted by atomic mass is 35.5. The van der Waals surface area contributed by atoms with Gasteiger partial charge in [-0.05, 0) is 84.8 Å². The first kappa shape index (κ1) is 31.2. The second-order valence-electron chi connectivity index (χ2n) is 9.04. The molecule has 0 saturated heterocycles. The molecule has 0 saturated carbocycles. The molecule has 0 fully saturated rings. The summed E-state index contributed by atoms with van der Waals surface area (Å²) in [5.41, 5.74) is 2.02. The van der Waals surface area contributed by atoms with E-state index in [0.717, 1.165) is 4.90 Å². The molecule has 0 aromatic heterocycles. The Kier molecular flexibility index (Phi) is 11.1. The molecule has 0 bridgehead atoms. The van der Waals surface area contributed by atoms with E-state index in [0.29, 0.717) is 44.0 Å². The van der Waals surface area contributed by atoms with Gasteiger partial charge in [-0.2, -0.15) is 0 Å². The number of hydrogen-bond donors (Lipinski definition) is 3. The average Bonchev–Trinajstić information content (AvgIpc) is 2.98. The summed E-state index contributed by atoms with van der Waals surface area (Å²) in [5.74, 6) is -1.16. The monoisotopic (exact) mass is 637 g/mol. The number of thioether (sulfide) groups is 1. The molecular weight excluding hydrogens is 613 g/mol. The topological polar surface area (TPSA) is 87.3 Å². The number of carbonyl (C=O) groups is 3. The third kappa shape index (κ3) is 8.87. The number of benzene rings is 4. The number of nitrogens with one attached hydrogen (secondary N) is 3. The van der Waals surface area contributed by atoms with Gasteiger partial charge in [-0.25, -0.2) is 0 Å². The maximum absolute atomic E-state index is 13.4. The third-order valence-corrected chi connectivity index (χ3v) is 8.11. The minimum atomic E-state index is -0.556. The Morgan fingerprint density at radius 1 is 0.786 bits per heavy atom. The zero-order valence-corrected chi connectivity index (χ0v) is 25.5. The Labute approximate surface area is 263 Å². The summed E-state index contributed by atoms with van der Waals surface area (Å²) in [6.07, 6.45) is 2.07. The van der Waals surface area contributed by atoms with Crippen LogP contribution >= 0.6 is 46.6 Å². The number of carbonyl (C=O) groups excluding carboxylic acids is 3. The molecule has 0 heterocycles. The molecule has 42 heavy (non-hydrogen) atoms. The van der Waals surface area contributed by atoms with E-state index in [1.807, 2.05) is 13.0 Å². The van der Waals surface area contributed by atoms with Crippen molar-refractivity contribution in [3.05, 3.63) is 129 Å². The van der Waals surface area contributed by atoms with Gasteiger partial charge in [0.15, 0.2) is 0 Å². The maximum atomic E-state index is 13.4. The maximum Gasteiger partial charge on any atom is 0.272 e. The van der Waals surface area contributed by atoms with Crippen LogP contribution in [0.25, 0.3) is 6.08 Å². The molecule has 1 unspecified atom stereocenters. The second-order valence-corrected chi connectivity index (χ2v) is 11.6. The summed E-state index contributed by atoms with van der Waals surface area (Å²) in [6, 6.07) is 27.5. The van der Waals surface area contributed by atoms with Crippen LogP contribution in [0.5, 0.6) is 0 Å². The van der Waals surface area contributed by atoms with Crippen molar-refractivity contribution < 1.29 is 14.4 Å². The second kappa shape index (κ2) is 14.9. The minimum absolute atomic E-state index is 0.0140. The first-order chi connectivity index (χ1) is 20.2. The number of rotatable bonds is 10. The molecule has 0 aliphatic heterocycles. The van der Waals surface area contributed by atoms with Crippen molar-refractivity contribution in [2.24, 2.45) is 0 Å². The number of amides is 3. The number of halogens is 3. The van der Waals surface area contributed by atoms with E-state index in [-0.39, 0.29) is 16.9 Å². The fourth-order valence-electron chi connectivity index (χ4n) is 3.80. The van der Waals surface area contributed by atoms with E-state index in [1.54, 1.807) is 91.0 Å². The Bertz CT molecular complexity index is 1610. The lowest BCUT2D eigenvalue weighted by Gasteiger charge is -2.16. The average molecular weight is 639 g/mol. The van der Waals surface area contributed by atoms with E-state index in [9.17, 15) is 14.4 Å². The Morgan fingerprint density at radius 3 is 2.19 bits per heavy atom. The van der Waals surface area contributed by atoms with Crippen LogP contribution in [-0.4, -0.2) is 23.0 Å². The minimum Gasteiger partial charge on any atom is -0.325 e. The lowest BCUT2D eigenvalue weighted by Crippen LogP contribution is -2.30. The number of hydrogen-bond acceptors (Lipinski definition) is 4. The van der Waals surface area contributed by atoms with Crippen LogP contribution in [0.4, 0.5) is 11.4 Å². The van der Waals surface area contributed by atoms with Crippen molar-refractivity contribution >= 4 is 81.7 Å². The Morgan fingerprint density at radius 2 is 1.50 bits per heavy atom. The zero-order valence-electron chi connectivity index (χ0n) is 22.4. The lowest BCUT2D eigenvalue weighted by molar-refractivity contribution is -0.116. The fourth-order valence-corrected chi connectivity index (χ4v) is 5.41. The van der Waals surface area contributed by atoms with Crippen LogP contribution in [0.1, 0.15) is 29.3 Å². The largest absolute Gasteiger partial charge is 0.325 e. The highest BCUT2D eigenvalue weighted by Gasteiger charge is 2.20. The Hall–Kier alpha value is -3.75. The van der Waals surface area contributed by atoms with Crippen molar-refractivity contribution in [3.63, 3.8) is 0 Å². The molecule has 10 heteroatoms. The molecule has 3 N–H and O–H groups in total. The van der Waals surface area contributed by atoms with Crippen molar-refractivity contribution in [3.8, 4) is 0 Å². The molecule has 4 aromatic rings. The van der Waals surface area contributed by atoms with E-state index in [2.05, 4.69) is 16.0 Å². The molecule has 1 atom stereocenters. The molecule has 4 rings (SSSR count). The molecule has 0 spiro atoms. The van der Waals surface area contributed by atoms with Crippen LogP contribution in [0, 0.1) is 0 Å². The highest BCUT2D eigenvalue weighted by molar-refractivity contribution is 8.00. The summed E-state index contributed by atoms with van der Waals surface area (Å²) >= 11 is 19.7. The van der Waals surface area contributed by atoms with Crippen molar-refractivity contribution in [1.29, 1.82) is 0 Å². The van der Waals surface area contributed by atoms with Gasteiger partial charge in [0, 0.05) is 36.9 Å². The Balaban J connectivity index is 1.52. The molecule has 6 nitrogen and oxygen atoms in total. The standard InChI is InChI=1S/C32H26Cl3N3O3S/c1-2-29(32(41)36-24-15-13-22(33)14-16-24)42-26-10-6-9-25(19-26)37-31(40)28(17-21-11-12-23(34)18-27(21)35)38-30(39)20-7-4-3-5-8-20/h3-19,29H,2H2,1H3,(H,36,41)(H,37,40)(H,38,39)/b28-17+. The lowest BCUT2D eigenvalue weighted by atomic mass is 10.1. The van der Waals surface area contributed by atoms with E-state index < -0.39 is 11.8 Å². The predicted octanol–water partition coefficient (Wildman–Crippen LogP) is 8.57. The summed E-state index contributed by atoms with van der Waals surface area (Å²) in [6.45, 7) is 1.93. The summed E-state index contributed by atoms with van der Waals surface area (Å²) < 4.78 is 0. The van der Waals surface area contributed by atoms with Crippen LogP contribution in [0.15, 0.2) is 108 Å². The smallest absolute Gasteiger partial charge is 0.272 e. The first-order valence-corrected chi connectivity index (χ1v) is 14.9. The fraction of sp³-hybridized carbons (Fsp3) is 0.0938. The van der Waals surface area contributed by atoms with Crippen molar-refractivity contribution in [2.75, 3.05) is 10.6 Å². The summed E-state index contributed by atoms with van der Waals surface area (Å²) in [4.78, 5) is 40.1. The molecule has 0 aliphatic rings. The molecule has 4 aromatic carbocycles. The highest BCUT2D eigenvalue weighted by Crippen LogP contribution is 2.29. The molecular formula is C32H26Cl3N3O3S. The van der Waals surface area contributed by atoms with E-state index >= 15 is 0 Å². The van der Waals surface area contributed by atoms with Gasteiger partial charge in [0.25, 0.3) is 11.8 Å². The van der Waals surface area contributed by atoms with Crippen LogP contribution < -0.4 is 16.0 Å². The van der Waals surface area contributed by atoms with Gasteiger partial charge in [-0.3, -0.25) is 14.4 Å². The quantitative estimate of drug-likeness (QED) is 0.120. The predicted molar refractivity (Wildman–Crippen MR) is 173 cm³/mol. The molecule has 0 aliphatic carbocycles. The van der Waals surface area contributed by atoms with Crippen molar-refractivity contribution in [1.82, 2.24) is 5.32 Å². The van der Waals surface area contributed by atoms with Crippen LogP contribution in [-0.2, 0) is 9.59 Å². The van der Waals surface area contributed by atoms with E-state index in [1.165, 1.54) is 17.8 Å². The number of anilines is 2.